The van der Waals surface area contributed by atoms with Crippen LogP contribution < -0.4 is 15.8 Å². The smallest absolute Gasteiger partial charge is 0.394 e. The molecule has 1 aromatic heterocycles. The fourth-order valence-corrected chi connectivity index (χ4v) is 2.55. The van der Waals surface area contributed by atoms with Gasteiger partial charge >= 0.3 is 18.4 Å². The highest BCUT2D eigenvalue weighted by Gasteiger charge is 2.39. The van der Waals surface area contributed by atoms with Gasteiger partial charge in [0.15, 0.2) is 6.10 Å². The Hall–Kier alpha value is -2.73. The van der Waals surface area contributed by atoms with Crippen molar-refractivity contribution in [2.24, 2.45) is 0 Å². The van der Waals surface area contributed by atoms with E-state index in [-0.39, 0.29) is 10.6 Å². The summed E-state index contributed by atoms with van der Waals surface area (Å²) in [7, 11) is 0. The van der Waals surface area contributed by atoms with Gasteiger partial charge < -0.3 is 20.9 Å². The summed E-state index contributed by atoms with van der Waals surface area (Å²) in [5.74, 6) is -0.758. The molecule has 0 aliphatic rings. The molecule has 0 saturated carbocycles. The Morgan fingerprint density at radius 1 is 1.27 bits per heavy atom. The van der Waals surface area contributed by atoms with Crippen LogP contribution in [0.2, 0.25) is 5.02 Å². The molecule has 0 aliphatic heterocycles. The first-order valence-electron chi connectivity index (χ1n) is 8.05. The van der Waals surface area contributed by atoms with Crippen LogP contribution in [0.5, 0.6) is 5.88 Å². The van der Waals surface area contributed by atoms with Gasteiger partial charge in [0.1, 0.15) is 0 Å². The van der Waals surface area contributed by atoms with Crippen molar-refractivity contribution in [3.8, 4) is 17.1 Å². The lowest BCUT2D eigenvalue weighted by Gasteiger charge is -2.17. The van der Waals surface area contributed by atoms with Crippen molar-refractivity contribution in [2.75, 3.05) is 12.3 Å². The zero-order valence-electron chi connectivity index (χ0n) is 15.0. The van der Waals surface area contributed by atoms with Gasteiger partial charge in [0, 0.05) is 10.6 Å². The van der Waals surface area contributed by atoms with Gasteiger partial charge in [0.25, 0.3) is 0 Å². The number of nitrogens with zero attached hydrogens (tertiary/aromatic N) is 1. The van der Waals surface area contributed by atoms with Crippen molar-refractivity contribution in [1.82, 2.24) is 10.3 Å². The molecule has 0 radical (unpaired) electrons. The molecule has 13 heteroatoms. The van der Waals surface area contributed by atoms with Crippen LogP contribution in [0.25, 0.3) is 11.3 Å². The molecule has 0 aliphatic carbocycles. The van der Waals surface area contributed by atoms with Gasteiger partial charge in [-0.25, -0.2) is 9.78 Å². The minimum Gasteiger partial charge on any atom is -0.394 e. The number of nitrogens with two attached hydrogens (primary N) is 1. The molecule has 6 nitrogen and oxygen atoms in total. The Balaban J connectivity index is 2.39. The number of hydrogen-bond acceptors (Lipinski definition) is 5. The van der Waals surface area contributed by atoms with Crippen LogP contribution in [0.3, 0.4) is 0 Å². The van der Waals surface area contributed by atoms with Gasteiger partial charge in [-0.15, -0.1) is 0 Å². The summed E-state index contributed by atoms with van der Waals surface area (Å²) >= 11 is 5.81. The number of ether oxygens (including phenoxy) is 1. The minimum absolute atomic E-state index is 0.0180. The molecule has 1 aromatic carbocycles. The number of carbonyl (C=O) groups excluding carboxylic acids is 1. The second-order valence-electron chi connectivity index (χ2n) is 6.06. The number of alkyl halides is 6. The number of nitrogen functional groups attached to an aromatic ring is 1. The number of anilines is 1. The number of nitrogens with one attached hydrogen (secondary N) is 1. The van der Waals surface area contributed by atoms with E-state index < -0.39 is 53.9 Å². The number of halogens is 7. The Morgan fingerprint density at radius 3 is 2.43 bits per heavy atom. The summed E-state index contributed by atoms with van der Waals surface area (Å²) in [6, 6.07) is 4.48. The van der Waals surface area contributed by atoms with E-state index >= 15 is 0 Å². The summed E-state index contributed by atoms with van der Waals surface area (Å²) in [5.41, 5.74) is 3.31. The number of amides is 1. The van der Waals surface area contributed by atoms with Crippen LogP contribution in [0, 0.1) is 6.92 Å². The minimum atomic E-state index is -4.99. The lowest BCUT2D eigenvalue weighted by atomic mass is 10.0. The number of aryl methyl sites for hydroxylation is 1. The van der Waals surface area contributed by atoms with E-state index in [0.29, 0.717) is 11.6 Å². The van der Waals surface area contributed by atoms with Crippen LogP contribution in [0.15, 0.2) is 24.3 Å². The highest BCUT2D eigenvalue weighted by Crippen LogP contribution is 2.40. The zero-order valence-corrected chi connectivity index (χ0v) is 15.8. The number of hydrogen-bond donors (Lipinski definition) is 3. The second kappa shape index (κ2) is 8.56. The number of rotatable bonds is 4. The highest BCUT2D eigenvalue weighted by atomic mass is 35.5. The lowest BCUT2D eigenvalue weighted by Crippen LogP contribution is -2.41. The second-order valence-corrected chi connectivity index (χ2v) is 6.50. The molecule has 0 saturated heterocycles. The maximum atomic E-state index is 13.5. The van der Waals surface area contributed by atoms with Crippen molar-refractivity contribution in [1.29, 1.82) is 0 Å². The van der Waals surface area contributed by atoms with Gasteiger partial charge in [-0.2, -0.15) is 26.3 Å². The Labute approximate surface area is 170 Å². The van der Waals surface area contributed by atoms with Crippen molar-refractivity contribution < 1.29 is 41.0 Å². The van der Waals surface area contributed by atoms with Gasteiger partial charge in [-0.05, 0) is 30.7 Å². The number of benzene rings is 1. The quantitative estimate of drug-likeness (QED) is 0.594. The Morgan fingerprint density at radius 2 is 1.90 bits per heavy atom. The highest BCUT2D eigenvalue weighted by molar-refractivity contribution is 6.30. The molecule has 1 atom stereocenters. The molecule has 0 spiro atoms. The van der Waals surface area contributed by atoms with Crippen LogP contribution in [0.1, 0.15) is 11.1 Å². The van der Waals surface area contributed by atoms with E-state index in [1.807, 2.05) is 0 Å². The topological polar surface area (TPSA) is 97.5 Å². The van der Waals surface area contributed by atoms with Gasteiger partial charge in [0.05, 0.1) is 23.5 Å². The Kier molecular flexibility index (Phi) is 6.72. The summed E-state index contributed by atoms with van der Waals surface area (Å²) in [6.45, 7) is 0.233. The molecule has 164 valence electrons. The lowest BCUT2D eigenvalue weighted by molar-refractivity contribution is -0.201. The van der Waals surface area contributed by atoms with Crippen LogP contribution >= 0.6 is 11.6 Å². The van der Waals surface area contributed by atoms with Gasteiger partial charge in [0.2, 0.25) is 5.88 Å². The third kappa shape index (κ3) is 5.66. The number of carbonyl (C=O) groups is 1. The van der Waals surface area contributed by atoms with Gasteiger partial charge in [-0.3, -0.25) is 0 Å². The monoisotopic (exact) mass is 457 g/mol. The summed E-state index contributed by atoms with van der Waals surface area (Å²) in [4.78, 5) is 15.3. The molecule has 4 N–H and O–H groups in total. The van der Waals surface area contributed by atoms with E-state index in [1.54, 1.807) is 5.32 Å². The third-order valence-corrected chi connectivity index (χ3v) is 4.01. The van der Waals surface area contributed by atoms with Crippen LogP contribution in [-0.2, 0) is 6.18 Å². The first-order chi connectivity index (χ1) is 13.7. The summed E-state index contributed by atoms with van der Waals surface area (Å²) in [5, 5.41) is 10.7. The van der Waals surface area contributed by atoms with E-state index in [9.17, 15) is 31.1 Å². The van der Waals surface area contributed by atoms with Crippen molar-refractivity contribution in [3.63, 3.8) is 0 Å². The molecule has 2 rings (SSSR count). The van der Waals surface area contributed by atoms with E-state index in [2.05, 4.69) is 9.72 Å². The normalized spacial score (nSPS) is 13.1. The molecule has 2 aromatic rings. The largest absolute Gasteiger partial charge is 0.418 e. The molecule has 0 bridgehead atoms. The average Bonchev–Trinajstić information content (AvgIpc) is 2.59. The third-order valence-electron chi connectivity index (χ3n) is 3.77. The maximum Gasteiger partial charge on any atom is 0.418 e. The molecule has 1 heterocycles. The fourth-order valence-electron chi connectivity index (χ4n) is 2.33. The molecular weight excluding hydrogens is 444 g/mol. The van der Waals surface area contributed by atoms with Gasteiger partial charge in [-0.1, -0.05) is 17.7 Å². The van der Waals surface area contributed by atoms with E-state index in [0.717, 1.165) is 0 Å². The predicted octanol–water partition coefficient (Wildman–Crippen LogP) is 4.32. The van der Waals surface area contributed by atoms with Crippen molar-refractivity contribution >= 4 is 23.4 Å². The van der Waals surface area contributed by atoms with Crippen LogP contribution in [0.4, 0.5) is 36.8 Å². The van der Waals surface area contributed by atoms with Crippen LogP contribution in [-0.4, -0.2) is 35.0 Å². The van der Waals surface area contributed by atoms with Crippen molar-refractivity contribution in [2.45, 2.75) is 25.4 Å². The molecule has 30 heavy (non-hydrogen) atoms. The SMILES string of the molecule is Cc1cc(Cl)ccc1-c1nc(OC(=O)NC[C@@H](O)C(F)(F)F)c(N)cc1C(F)(F)F. The number of pyridine rings is 1. The van der Waals surface area contributed by atoms with E-state index in [4.69, 9.17) is 22.4 Å². The van der Waals surface area contributed by atoms with E-state index in [1.165, 1.54) is 25.1 Å². The van der Waals surface area contributed by atoms with Crippen molar-refractivity contribution in [3.05, 3.63) is 40.4 Å². The standard InChI is InChI=1S/C17H14ClF6N3O3/c1-7-4-8(18)2-3-9(7)13-10(16(19,20)21)5-11(25)14(27-13)30-15(29)26-6-12(28)17(22,23)24/h2-5,12,28H,6,25H2,1H3,(H,26,29)/t12-/m1/s1. The molecule has 0 unspecified atom stereocenters. The molecular formula is C17H14ClF6N3O3. The summed E-state index contributed by atoms with van der Waals surface area (Å²) in [6.07, 6.45) is -14.2. The number of aromatic nitrogens is 1. The predicted molar refractivity (Wildman–Crippen MR) is 94.9 cm³/mol. The average molecular weight is 458 g/mol. The molecule has 0 fully saturated rings. The first kappa shape index (κ1) is 23.5. The maximum absolute atomic E-state index is 13.5. The summed E-state index contributed by atoms with van der Waals surface area (Å²) < 4.78 is 81.8. The molecule has 1 amide bonds. The Bertz CT molecular complexity index is 950. The fraction of sp³-hybridized carbons (Fsp3) is 0.294. The zero-order chi connectivity index (χ0) is 22.9. The first-order valence-corrected chi connectivity index (χ1v) is 8.42. The number of aliphatic hydroxyl groups is 1. The number of aliphatic hydroxyl groups excluding tert-OH is 1.